The highest BCUT2D eigenvalue weighted by Crippen LogP contribution is 2.36. The van der Waals surface area contributed by atoms with Crippen LogP contribution in [0.2, 0.25) is 0 Å². The standard InChI is InChI=1S/C36H37N5O2/c1-22-33(42-2)13-14-37-34(22)25-8-10-26(11-9-25)35-32-16-29(18-38-36(32)40-39-35)28-12-7-24-5-3-23(4-6-27(24)15-28)19-41-30-17-31(41)21-43-20-30/h7-16,18,23,30-31H,3-6,17,19-21H2,1-2H3,(H,38,39,40)/t23-,30?,31?/m0/s1. The van der Waals surface area contributed by atoms with E-state index < -0.39 is 0 Å². The maximum Gasteiger partial charge on any atom is 0.181 e. The van der Waals surface area contributed by atoms with Crippen molar-refractivity contribution in [3.63, 3.8) is 0 Å². The average Bonchev–Trinajstić information content (AvgIpc) is 3.37. The van der Waals surface area contributed by atoms with Gasteiger partial charge in [-0.3, -0.25) is 15.0 Å². The second-order valence-electron chi connectivity index (χ2n) is 12.5. The van der Waals surface area contributed by atoms with Gasteiger partial charge >= 0.3 is 0 Å². The van der Waals surface area contributed by atoms with Crippen molar-refractivity contribution in [2.45, 2.75) is 51.1 Å². The summed E-state index contributed by atoms with van der Waals surface area (Å²) >= 11 is 0. The molecule has 1 N–H and O–H groups in total. The van der Waals surface area contributed by atoms with Crippen molar-refractivity contribution in [3.8, 4) is 39.4 Å². The fraction of sp³-hybridized carbons (Fsp3) is 0.361. The first kappa shape index (κ1) is 26.5. The highest BCUT2D eigenvalue weighted by molar-refractivity contribution is 5.93. The molecule has 7 heteroatoms. The molecule has 3 aromatic heterocycles. The van der Waals surface area contributed by atoms with E-state index in [1.54, 1.807) is 13.3 Å². The number of morpholine rings is 1. The Morgan fingerprint density at radius 2 is 1.65 bits per heavy atom. The Hall–Kier alpha value is -4.07. The number of H-pyrrole nitrogens is 1. The molecule has 0 radical (unpaired) electrons. The van der Waals surface area contributed by atoms with Gasteiger partial charge < -0.3 is 9.47 Å². The van der Waals surface area contributed by atoms with Crippen LogP contribution in [0.15, 0.2) is 67.0 Å². The van der Waals surface area contributed by atoms with Crippen molar-refractivity contribution in [1.82, 2.24) is 25.1 Å². The monoisotopic (exact) mass is 571 g/mol. The number of nitrogens with zero attached hydrogens (tertiary/aromatic N) is 4. The summed E-state index contributed by atoms with van der Waals surface area (Å²) in [5.74, 6) is 1.61. The van der Waals surface area contributed by atoms with Crippen LogP contribution >= 0.6 is 0 Å². The lowest BCUT2D eigenvalue weighted by Crippen LogP contribution is -2.64. The number of aromatic nitrogens is 4. The second-order valence-corrected chi connectivity index (χ2v) is 12.5. The second kappa shape index (κ2) is 10.9. The van der Waals surface area contributed by atoms with Crippen LogP contribution in [-0.2, 0) is 17.6 Å². The molecule has 5 aromatic rings. The number of hydrogen-bond donors (Lipinski definition) is 1. The minimum Gasteiger partial charge on any atom is -0.496 e. The summed E-state index contributed by atoms with van der Waals surface area (Å²) in [6.45, 7) is 5.13. The quantitative estimate of drug-likeness (QED) is 0.230. The maximum atomic E-state index is 5.71. The predicted molar refractivity (Wildman–Crippen MR) is 169 cm³/mol. The summed E-state index contributed by atoms with van der Waals surface area (Å²) in [7, 11) is 1.69. The van der Waals surface area contributed by atoms with Gasteiger partial charge in [0, 0.05) is 58.7 Å². The van der Waals surface area contributed by atoms with Gasteiger partial charge in [0.05, 0.1) is 31.7 Å². The molecular formula is C36H37N5O2. The number of nitrogens with one attached hydrogen (secondary N) is 1. The van der Waals surface area contributed by atoms with E-state index in [0.717, 1.165) is 76.0 Å². The van der Waals surface area contributed by atoms with Crippen molar-refractivity contribution >= 4 is 11.0 Å². The third-order valence-electron chi connectivity index (χ3n) is 9.99. The molecule has 2 aliphatic heterocycles. The van der Waals surface area contributed by atoms with Crippen LogP contribution in [0, 0.1) is 12.8 Å². The number of fused-ring (bicyclic) bond motifs is 4. The summed E-state index contributed by atoms with van der Waals surface area (Å²) in [5, 5.41) is 8.79. The van der Waals surface area contributed by atoms with Crippen LogP contribution in [-0.4, -0.2) is 64.0 Å². The van der Waals surface area contributed by atoms with Crippen LogP contribution in [0.3, 0.4) is 0 Å². The molecule has 218 valence electrons. The smallest absolute Gasteiger partial charge is 0.181 e. The zero-order valence-corrected chi connectivity index (χ0v) is 24.8. The van der Waals surface area contributed by atoms with Gasteiger partial charge in [-0.25, -0.2) is 4.98 Å². The Morgan fingerprint density at radius 3 is 2.44 bits per heavy atom. The molecule has 2 saturated heterocycles. The van der Waals surface area contributed by atoms with Crippen molar-refractivity contribution < 1.29 is 9.47 Å². The Bertz CT molecular complexity index is 1780. The van der Waals surface area contributed by atoms with E-state index in [4.69, 9.17) is 14.5 Å². The van der Waals surface area contributed by atoms with Crippen molar-refractivity contribution in [2.75, 3.05) is 26.9 Å². The summed E-state index contributed by atoms with van der Waals surface area (Å²) in [4.78, 5) is 12.1. The fourth-order valence-electron chi connectivity index (χ4n) is 7.44. The highest BCUT2D eigenvalue weighted by atomic mass is 16.5. The van der Waals surface area contributed by atoms with Crippen molar-refractivity contribution in [3.05, 3.63) is 83.7 Å². The maximum absolute atomic E-state index is 5.71. The highest BCUT2D eigenvalue weighted by Gasteiger charge is 2.42. The number of methoxy groups -OCH3 is 1. The minimum absolute atomic E-state index is 0.665. The molecule has 43 heavy (non-hydrogen) atoms. The SMILES string of the molecule is COc1ccnc(-c2ccc(-c3[nH]nc4ncc(-c5ccc6c(c5)CC[C@@H](CN5C7COCC5C7)CC6)cc34)cc2)c1C. The van der Waals surface area contributed by atoms with Gasteiger partial charge in [-0.2, -0.15) is 5.10 Å². The lowest BCUT2D eigenvalue weighted by Gasteiger charge is -2.53. The first-order valence-electron chi connectivity index (χ1n) is 15.5. The molecule has 7 nitrogen and oxygen atoms in total. The molecule has 2 fully saturated rings. The van der Waals surface area contributed by atoms with E-state index in [-0.39, 0.29) is 0 Å². The number of benzene rings is 2. The molecule has 0 saturated carbocycles. The fourth-order valence-corrected chi connectivity index (χ4v) is 7.44. The Labute approximate surface area is 252 Å². The van der Waals surface area contributed by atoms with Gasteiger partial charge in [0.25, 0.3) is 0 Å². The van der Waals surface area contributed by atoms with Gasteiger partial charge in [-0.1, -0.05) is 42.5 Å². The number of pyridine rings is 2. The van der Waals surface area contributed by atoms with Gasteiger partial charge in [0.1, 0.15) is 5.75 Å². The lowest BCUT2D eigenvalue weighted by atomic mass is 9.88. The van der Waals surface area contributed by atoms with Gasteiger partial charge in [-0.15, -0.1) is 0 Å². The molecular weight excluding hydrogens is 534 g/mol. The molecule has 2 unspecified atom stereocenters. The van der Waals surface area contributed by atoms with Crippen LogP contribution in [0.25, 0.3) is 44.7 Å². The molecule has 3 aliphatic rings. The average molecular weight is 572 g/mol. The summed E-state index contributed by atoms with van der Waals surface area (Å²) in [6, 6.07) is 20.9. The topological polar surface area (TPSA) is 76.2 Å². The lowest BCUT2D eigenvalue weighted by molar-refractivity contribution is -0.132. The molecule has 3 atom stereocenters. The molecule has 2 bridgehead atoms. The first-order chi connectivity index (χ1) is 21.1. The minimum atomic E-state index is 0.665. The molecule has 0 amide bonds. The van der Waals surface area contributed by atoms with Crippen LogP contribution in [0.5, 0.6) is 5.75 Å². The molecule has 0 spiro atoms. The van der Waals surface area contributed by atoms with E-state index in [1.807, 2.05) is 19.2 Å². The van der Waals surface area contributed by atoms with E-state index in [2.05, 4.69) is 68.6 Å². The largest absolute Gasteiger partial charge is 0.496 e. The number of aromatic amines is 1. The van der Waals surface area contributed by atoms with Crippen molar-refractivity contribution in [1.29, 1.82) is 0 Å². The summed E-state index contributed by atoms with van der Waals surface area (Å²) in [6.07, 6.45) is 9.94. The number of aryl methyl sites for hydroxylation is 2. The normalized spacial score (nSPS) is 21.7. The predicted octanol–water partition coefficient (Wildman–Crippen LogP) is 6.64. The van der Waals surface area contributed by atoms with Crippen molar-refractivity contribution in [2.24, 2.45) is 5.92 Å². The van der Waals surface area contributed by atoms with Crippen LogP contribution in [0.1, 0.15) is 36.0 Å². The van der Waals surface area contributed by atoms with Gasteiger partial charge in [0.15, 0.2) is 5.65 Å². The summed E-state index contributed by atoms with van der Waals surface area (Å²) < 4.78 is 11.2. The Balaban J connectivity index is 1.03. The molecule has 1 aliphatic carbocycles. The molecule has 5 heterocycles. The van der Waals surface area contributed by atoms with Gasteiger partial charge in [0.2, 0.25) is 0 Å². The van der Waals surface area contributed by atoms with Crippen LogP contribution < -0.4 is 4.74 Å². The third-order valence-corrected chi connectivity index (χ3v) is 9.99. The third kappa shape index (κ3) is 4.81. The number of ether oxygens (including phenoxy) is 2. The number of rotatable bonds is 6. The van der Waals surface area contributed by atoms with E-state index in [0.29, 0.717) is 12.1 Å². The van der Waals surface area contributed by atoms with Crippen LogP contribution in [0.4, 0.5) is 0 Å². The summed E-state index contributed by atoms with van der Waals surface area (Å²) in [5.41, 5.74) is 11.1. The Kier molecular flexibility index (Phi) is 6.72. The van der Waals surface area contributed by atoms with E-state index >= 15 is 0 Å². The zero-order chi connectivity index (χ0) is 28.9. The van der Waals surface area contributed by atoms with Gasteiger partial charge in [-0.05, 0) is 73.8 Å². The Morgan fingerprint density at radius 1 is 0.884 bits per heavy atom. The molecule has 8 rings (SSSR count). The van der Waals surface area contributed by atoms with E-state index in [1.165, 1.54) is 48.9 Å². The zero-order valence-electron chi connectivity index (χ0n) is 24.8. The molecule has 2 aromatic carbocycles. The first-order valence-corrected chi connectivity index (χ1v) is 15.5. The number of hydrogen-bond acceptors (Lipinski definition) is 6. The van der Waals surface area contributed by atoms with E-state index in [9.17, 15) is 0 Å².